The summed E-state index contributed by atoms with van der Waals surface area (Å²) < 4.78 is 5.44. The highest BCUT2D eigenvalue weighted by Gasteiger charge is 2.10. The van der Waals surface area contributed by atoms with E-state index in [0.717, 1.165) is 39.2 Å². The van der Waals surface area contributed by atoms with Crippen LogP contribution in [0.15, 0.2) is 61.1 Å². The van der Waals surface area contributed by atoms with E-state index in [1.165, 1.54) is 0 Å². The van der Waals surface area contributed by atoms with Crippen LogP contribution in [0, 0.1) is 0 Å². The number of H-pyrrole nitrogens is 2. The zero-order valence-electron chi connectivity index (χ0n) is 12.1. The van der Waals surface area contributed by atoms with Crippen LogP contribution in [0.1, 0.15) is 0 Å². The van der Waals surface area contributed by atoms with E-state index in [1.54, 1.807) is 7.11 Å². The molecule has 0 saturated carbocycles. The predicted molar refractivity (Wildman–Crippen MR) is 87.9 cm³/mol. The molecule has 4 rings (SSSR count). The summed E-state index contributed by atoms with van der Waals surface area (Å²) in [7, 11) is 1.69. The average Bonchev–Trinajstić information content (AvgIpc) is 3.23. The summed E-state index contributed by atoms with van der Waals surface area (Å²) in [4.78, 5) is 10.8. The Morgan fingerprint density at radius 3 is 2.82 bits per heavy atom. The Bertz CT molecular complexity index is 936. The number of nitrogens with one attached hydrogen (secondary N) is 2. The van der Waals surface area contributed by atoms with Crippen molar-refractivity contribution in [1.29, 1.82) is 0 Å². The van der Waals surface area contributed by atoms with Gasteiger partial charge in [0.05, 0.1) is 7.11 Å². The van der Waals surface area contributed by atoms with Gasteiger partial charge in [-0.05, 0) is 24.3 Å². The molecule has 0 aliphatic heterocycles. The van der Waals surface area contributed by atoms with Crippen molar-refractivity contribution >= 4 is 11.0 Å². The van der Waals surface area contributed by atoms with Crippen molar-refractivity contribution in [1.82, 2.24) is 15.0 Å². The molecule has 4 heteroatoms. The van der Waals surface area contributed by atoms with Crippen LogP contribution >= 0.6 is 0 Å². The third-order valence-electron chi connectivity index (χ3n) is 3.85. The number of pyridine rings is 1. The zero-order chi connectivity index (χ0) is 14.9. The molecular formula is C18H15N3O. The first-order valence-corrected chi connectivity index (χ1v) is 7.11. The van der Waals surface area contributed by atoms with E-state index in [2.05, 4.69) is 27.1 Å². The van der Waals surface area contributed by atoms with Crippen LogP contribution in [0.25, 0.3) is 33.4 Å². The van der Waals surface area contributed by atoms with E-state index in [9.17, 15) is 0 Å². The van der Waals surface area contributed by atoms with Crippen molar-refractivity contribution < 1.29 is 4.74 Å². The van der Waals surface area contributed by atoms with Gasteiger partial charge in [-0.1, -0.05) is 18.2 Å². The van der Waals surface area contributed by atoms with E-state index in [-0.39, 0.29) is 0 Å². The number of methoxy groups -OCH3 is 1. The Kier molecular flexibility index (Phi) is 2.93. The van der Waals surface area contributed by atoms with Gasteiger partial charge in [-0.3, -0.25) is 0 Å². The standard InChI is InChI=1S/C18H15N3O/c1-22-17-5-3-2-4-13(17)12-10-16(21-11-12)14-6-8-19-18-15(14)7-9-20-18/h2-11,21H,1H3,(H,19,20). The number of aromatic amines is 2. The van der Waals surface area contributed by atoms with Gasteiger partial charge < -0.3 is 14.7 Å². The Morgan fingerprint density at radius 2 is 1.91 bits per heavy atom. The molecule has 0 aliphatic carbocycles. The summed E-state index contributed by atoms with van der Waals surface area (Å²) in [5, 5.41) is 1.11. The lowest BCUT2D eigenvalue weighted by Crippen LogP contribution is -1.85. The number of para-hydroxylation sites is 1. The van der Waals surface area contributed by atoms with Crippen molar-refractivity contribution in [3.63, 3.8) is 0 Å². The number of fused-ring (bicyclic) bond motifs is 1. The highest BCUT2D eigenvalue weighted by molar-refractivity contribution is 5.92. The molecule has 0 fully saturated rings. The molecule has 0 aliphatic rings. The lowest BCUT2D eigenvalue weighted by Gasteiger charge is -2.05. The summed E-state index contributed by atoms with van der Waals surface area (Å²) in [5.41, 5.74) is 5.27. The third-order valence-corrected chi connectivity index (χ3v) is 3.85. The van der Waals surface area contributed by atoms with Gasteiger partial charge in [-0.15, -0.1) is 0 Å². The van der Waals surface area contributed by atoms with Crippen molar-refractivity contribution in [2.24, 2.45) is 0 Å². The fraction of sp³-hybridized carbons (Fsp3) is 0.0556. The van der Waals surface area contributed by atoms with E-state index in [1.807, 2.05) is 48.9 Å². The normalized spacial score (nSPS) is 11.0. The van der Waals surface area contributed by atoms with Crippen molar-refractivity contribution in [3.05, 3.63) is 61.1 Å². The maximum absolute atomic E-state index is 5.44. The molecule has 3 heterocycles. The largest absolute Gasteiger partial charge is 0.496 e. The fourth-order valence-electron chi connectivity index (χ4n) is 2.78. The SMILES string of the molecule is COc1ccccc1-c1c[nH]c(-c2ccnc3[nH]ccc23)c1. The molecule has 4 nitrogen and oxygen atoms in total. The molecule has 0 amide bonds. The van der Waals surface area contributed by atoms with Crippen molar-refractivity contribution in [2.45, 2.75) is 0 Å². The number of rotatable bonds is 3. The number of hydrogen-bond acceptors (Lipinski definition) is 2. The molecule has 0 spiro atoms. The lowest BCUT2D eigenvalue weighted by molar-refractivity contribution is 0.416. The zero-order valence-corrected chi connectivity index (χ0v) is 12.1. The second kappa shape index (κ2) is 5.07. The molecule has 0 unspecified atom stereocenters. The van der Waals surface area contributed by atoms with Crippen LogP contribution in [0.5, 0.6) is 5.75 Å². The quantitative estimate of drug-likeness (QED) is 0.593. The predicted octanol–water partition coefficient (Wildman–Crippen LogP) is 4.23. The summed E-state index contributed by atoms with van der Waals surface area (Å²) >= 11 is 0. The van der Waals surface area contributed by atoms with E-state index < -0.39 is 0 Å². The summed E-state index contributed by atoms with van der Waals surface area (Å²) in [6, 6.07) is 14.2. The highest BCUT2D eigenvalue weighted by Crippen LogP contribution is 2.33. The first kappa shape index (κ1) is 12.7. The maximum atomic E-state index is 5.44. The molecule has 1 aromatic carbocycles. The first-order valence-electron chi connectivity index (χ1n) is 7.11. The van der Waals surface area contributed by atoms with E-state index in [4.69, 9.17) is 4.74 Å². The molecule has 108 valence electrons. The number of aromatic nitrogens is 3. The van der Waals surface area contributed by atoms with Crippen LogP contribution in [-0.2, 0) is 0 Å². The molecule has 4 aromatic rings. The molecule has 0 saturated heterocycles. The molecule has 22 heavy (non-hydrogen) atoms. The van der Waals surface area contributed by atoms with Gasteiger partial charge in [-0.25, -0.2) is 4.98 Å². The van der Waals surface area contributed by atoms with Crippen LogP contribution in [0.4, 0.5) is 0 Å². The highest BCUT2D eigenvalue weighted by atomic mass is 16.5. The minimum absolute atomic E-state index is 0.870. The van der Waals surface area contributed by atoms with Gasteiger partial charge in [0, 0.05) is 46.4 Å². The lowest BCUT2D eigenvalue weighted by atomic mass is 10.1. The second-order valence-electron chi connectivity index (χ2n) is 5.10. The van der Waals surface area contributed by atoms with Crippen LogP contribution in [0.2, 0.25) is 0 Å². The third kappa shape index (κ3) is 1.97. The van der Waals surface area contributed by atoms with Gasteiger partial charge >= 0.3 is 0 Å². The maximum Gasteiger partial charge on any atom is 0.137 e. The smallest absolute Gasteiger partial charge is 0.137 e. The van der Waals surface area contributed by atoms with Gasteiger partial charge in [0.1, 0.15) is 11.4 Å². The fourth-order valence-corrected chi connectivity index (χ4v) is 2.78. The molecule has 0 atom stereocenters. The van der Waals surface area contributed by atoms with Gasteiger partial charge in [0.15, 0.2) is 0 Å². The first-order chi connectivity index (χ1) is 10.9. The monoisotopic (exact) mass is 289 g/mol. The molecule has 2 N–H and O–H groups in total. The molecule has 3 aromatic heterocycles. The number of nitrogens with zero attached hydrogens (tertiary/aromatic N) is 1. The molecule has 0 radical (unpaired) electrons. The summed E-state index contributed by atoms with van der Waals surface area (Å²) in [5.74, 6) is 0.870. The van der Waals surface area contributed by atoms with Crippen LogP contribution < -0.4 is 4.74 Å². The second-order valence-corrected chi connectivity index (χ2v) is 5.10. The Hall–Kier alpha value is -3.01. The number of hydrogen-bond donors (Lipinski definition) is 2. The summed E-state index contributed by atoms with van der Waals surface area (Å²) in [6.07, 6.45) is 5.73. The Balaban J connectivity index is 1.83. The van der Waals surface area contributed by atoms with Crippen LogP contribution in [0.3, 0.4) is 0 Å². The van der Waals surface area contributed by atoms with E-state index in [0.29, 0.717) is 0 Å². The van der Waals surface area contributed by atoms with Gasteiger partial charge in [0.25, 0.3) is 0 Å². The van der Waals surface area contributed by atoms with E-state index >= 15 is 0 Å². The number of ether oxygens (including phenoxy) is 1. The minimum atomic E-state index is 0.870. The Morgan fingerprint density at radius 1 is 1.00 bits per heavy atom. The van der Waals surface area contributed by atoms with Crippen molar-refractivity contribution in [2.75, 3.05) is 7.11 Å². The average molecular weight is 289 g/mol. The topological polar surface area (TPSA) is 53.7 Å². The molecule has 0 bridgehead atoms. The summed E-state index contributed by atoms with van der Waals surface area (Å²) in [6.45, 7) is 0. The van der Waals surface area contributed by atoms with Crippen LogP contribution in [-0.4, -0.2) is 22.1 Å². The number of benzene rings is 1. The minimum Gasteiger partial charge on any atom is -0.496 e. The Labute approximate surface area is 127 Å². The van der Waals surface area contributed by atoms with Crippen molar-refractivity contribution in [3.8, 4) is 28.1 Å². The van der Waals surface area contributed by atoms with Gasteiger partial charge in [0.2, 0.25) is 0 Å². The molecular weight excluding hydrogens is 274 g/mol. The van der Waals surface area contributed by atoms with Gasteiger partial charge in [-0.2, -0.15) is 0 Å².